The first-order valence-corrected chi connectivity index (χ1v) is 8.37. The third-order valence-electron chi connectivity index (χ3n) is 4.91. The second kappa shape index (κ2) is 5.14. The fraction of sp³-hybridized carbons (Fsp3) is 0.150. The summed E-state index contributed by atoms with van der Waals surface area (Å²) < 4.78 is 2.21. The van der Waals surface area contributed by atoms with Gasteiger partial charge in [0.05, 0.1) is 28.7 Å². The van der Waals surface area contributed by atoms with Crippen molar-refractivity contribution < 1.29 is 9.59 Å². The van der Waals surface area contributed by atoms with Gasteiger partial charge in [-0.1, -0.05) is 24.3 Å². The van der Waals surface area contributed by atoms with E-state index in [0.717, 1.165) is 36.5 Å². The van der Waals surface area contributed by atoms with Crippen molar-refractivity contribution in [1.82, 2.24) is 9.55 Å². The van der Waals surface area contributed by atoms with Crippen LogP contribution >= 0.6 is 0 Å². The Morgan fingerprint density at radius 2 is 1.68 bits per heavy atom. The van der Waals surface area contributed by atoms with Crippen LogP contribution in [-0.4, -0.2) is 21.4 Å². The Kier molecular flexibility index (Phi) is 2.91. The Morgan fingerprint density at radius 3 is 2.44 bits per heavy atom. The number of aromatic nitrogens is 2. The van der Waals surface area contributed by atoms with Crippen molar-refractivity contribution in [3.8, 4) is 11.3 Å². The number of rotatable bonds is 2. The van der Waals surface area contributed by atoms with Crippen LogP contribution in [0.5, 0.6) is 0 Å². The van der Waals surface area contributed by atoms with Crippen LogP contribution in [0, 0.1) is 0 Å². The van der Waals surface area contributed by atoms with Crippen molar-refractivity contribution in [2.75, 3.05) is 4.90 Å². The van der Waals surface area contributed by atoms with Crippen LogP contribution < -0.4 is 4.90 Å². The van der Waals surface area contributed by atoms with Crippen LogP contribution in [-0.2, 0) is 13.0 Å². The van der Waals surface area contributed by atoms with E-state index in [1.165, 1.54) is 4.90 Å². The summed E-state index contributed by atoms with van der Waals surface area (Å²) >= 11 is 0. The molecule has 5 heteroatoms. The number of carbonyl (C=O) groups excluding carboxylic acids is 2. The molecule has 0 radical (unpaired) electrons. The van der Waals surface area contributed by atoms with Gasteiger partial charge in [0.25, 0.3) is 11.8 Å². The van der Waals surface area contributed by atoms with E-state index in [-0.39, 0.29) is 11.8 Å². The van der Waals surface area contributed by atoms with Gasteiger partial charge in [-0.2, -0.15) is 0 Å². The minimum Gasteiger partial charge on any atom is -0.328 e. The van der Waals surface area contributed by atoms with E-state index in [0.29, 0.717) is 16.8 Å². The SMILES string of the molecule is O=C1c2ccccc2C(=O)N1c1cccc(-c2cnc3n2CCC3)c1. The summed E-state index contributed by atoms with van der Waals surface area (Å²) in [6.07, 6.45) is 3.97. The summed E-state index contributed by atoms with van der Waals surface area (Å²) in [5.41, 5.74) is 3.52. The van der Waals surface area contributed by atoms with Gasteiger partial charge in [0.15, 0.2) is 0 Å². The molecule has 0 saturated heterocycles. The van der Waals surface area contributed by atoms with Gasteiger partial charge < -0.3 is 4.57 Å². The number of hydrogen-bond donors (Lipinski definition) is 0. The van der Waals surface area contributed by atoms with Crippen LogP contribution in [0.1, 0.15) is 33.0 Å². The van der Waals surface area contributed by atoms with Gasteiger partial charge in [-0.3, -0.25) is 9.59 Å². The number of fused-ring (bicyclic) bond motifs is 2. The zero-order chi connectivity index (χ0) is 17.0. The Hall–Kier alpha value is -3.21. The van der Waals surface area contributed by atoms with E-state index >= 15 is 0 Å². The molecule has 5 rings (SSSR count). The van der Waals surface area contributed by atoms with Gasteiger partial charge in [-0.15, -0.1) is 0 Å². The number of amides is 2. The van der Waals surface area contributed by atoms with Gasteiger partial charge >= 0.3 is 0 Å². The number of aryl methyl sites for hydroxylation is 1. The lowest BCUT2D eigenvalue weighted by Gasteiger charge is -2.15. The lowest BCUT2D eigenvalue weighted by Crippen LogP contribution is -2.29. The molecule has 0 unspecified atom stereocenters. The molecule has 2 aromatic carbocycles. The average molecular weight is 329 g/mol. The van der Waals surface area contributed by atoms with E-state index in [4.69, 9.17) is 0 Å². The van der Waals surface area contributed by atoms with Crippen molar-refractivity contribution in [3.63, 3.8) is 0 Å². The molecule has 3 aromatic rings. The zero-order valence-corrected chi connectivity index (χ0v) is 13.5. The van der Waals surface area contributed by atoms with Gasteiger partial charge in [0.1, 0.15) is 5.82 Å². The van der Waals surface area contributed by atoms with Crippen molar-refractivity contribution in [2.24, 2.45) is 0 Å². The number of imidazole rings is 1. The number of anilines is 1. The normalized spacial score (nSPS) is 15.6. The fourth-order valence-corrected chi connectivity index (χ4v) is 3.72. The molecule has 2 aliphatic heterocycles. The molecule has 122 valence electrons. The Bertz CT molecular complexity index is 1000. The first-order chi connectivity index (χ1) is 12.2. The van der Waals surface area contributed by atoms with Gasteiger partial charge in [-0.05, 0) is 30.7 Å². The molecule has 25 heavy (non-hydrogen) atoms. The zero-order valence-electron chi connectivity index (χ0n) is 13.5. The largest absolute Gasteiger partial charge is 0.328 e. The molecular weight excluding hydrogens is 314 g/mol. The maximum Gasteiger partial charge on any atom is 0.266 e. The quantitative estimate of drug-likeness (QED) is 0.678. The van der Waals surface area contributed by atoms with Gasteiger partial charge in [0.2, 0.25) is 0 Å². The number of nitrogens with zero attached hydrogens (tertiary/aromatic N) is 3. The molecule has 0 aliphatic carbocycles. The molecule has 0 N–H and O–H groups in total. The van der Waals surface area contributed by atoms with Crippen molar-refractivity contribution in [3.05, 3.63) is 71.7 Å². The topological polar surface area (TPSA) is 55.2 Å². The maximum absolute atomic E-state index is 12.7. The summed E-state index contributed by atoms with van der Waals surface area (Å²) in [6.45, 7) is 0.960. The standard InChI is InChI=1S/C20H15N3O2/c24-19-15-7-1-2-8-16(15)20(25)23(19)14-6-3-5-13(11-14)17-12-21-18-9-4-10-22(17)18/h1-3,5-8,11-12H,4,9-10H2. The molecule has 5 nitrogen and oxygen atoms in total. The van der Waals surface area contributed by atoms with Crippen LogP contribution in [0.2, 0.25) is 0 Å². The summed E-state index contributed by atoms with van der Waals surface area (Å²) in [5.74, 6) is 0.564. The highest BCUT2D eigenvalue weighted by atomic mass is 16.2. The van der Waals surface area contributed by atoms with Gasteiger partial charge in [0, 0.05) is 18.5 Å². The lowest BCUT2D eigenvalue weighted by molar-refractivity contribution is 0.0926. The third-order valence-corrected chi connectivity index (χ3v) is 4.91. The third kappa shape index (κ3) is 1.99. The van der Waals surface area contributed by atoms with E-state index in [1.807, 2.05) is 24.4 Å². The Morgan fingerprint density at radius 1 is 0.920 bits per heavy atom. The van der Waals surface area contributed by atoms with Crippen LogP contribution in [0.4, 0.5) is 5.69 Å². The molecule has 2 aliphatic rings. The highest BCUT2D eigenvalue weighted by Crippen LogP contribution is 2.32. The van der Waals surface area contributed by atoms with Crippen molar-refractivity contribution in [2.45, 2.75) is 19.4 Å². The monoisotopic (exact) mass is 329 g/mol. The molecule has 0 saturated carbocycles. The van der Waals surface area contributed by atoms with Gasteiger partial charge in [-0.25, -0.2) is 9.88 Å². The minimum atomic E-state index is -0.267. The second-order valence-corrected chi connectivity index (χ2v) is 6.36. The molecule has 2 amide bonds. The van der Waals surface area contributed by atoms with Crippen LogP contribution in [0.3, 0.4) is 0 Å². The number of hydrogen-bond acceptors (Lipinski definition) is 3. The maximum atomic E-state index is 12.7. The Labute approximate surface area is 144 Å². The second-order valence-electron chi connectivity index (χ2n) is 6.36. The highest BCUT2D eigenvalue weighted by Gasteiger charge is 2.36. The minimum absolute atomic E-state index is 0.267. The van der Waals surface area contributed by atoms with Crippen molar-refractivity contribution in [1.29, 1.82) is 0 Å². The summed E-state index contributed by atoms with van der Waals surface area (Å²) in [7, 11) is 0. The van der Waals surface area contributed by atoms with E-state index in [2.05, 4.69) is 9.55 Å². The number of carbonyl (C=O) groups is 2. The van der Waals surface area contributed by atoms with E-state index in [1.54, 1.807) is 30.3 Å². The first kappa shape index (κ1) is 14.2. The number of benzene rings is 2. The molecule has 0 fully saturated rings. The Balaban J connectivity index is 1.58. The molecule has 0 bridgehead atoms. The van der Waals surface area contributed by atoms with E-state index < -0.39 is 0 Å². The first-order valence-electron chi connectivity index (χ1n) is 8.37. The molecule has 0 atom stereocenters. The van der Waals surface area contributed by atoms with Crippen molar-refractivity contribution >= 4 is 17.5 Å². The summed E-state index contributed by atoms with van der Waals surface area (Å²) in [5, 5.41) is 0. The predicted octanol–water partition coefficient (Wildman–Crippen LogP) is 3.30. The molecule has 0 spiro atoms. The summed E-state index contributed by atoms with van der Waals surface area (Å²) in [6, 6.07) is 14.5. The summed E-state index contributed by atoms with van der Waals surface area (Å²) in [4.78, 5) is 31.1. The predicted molar refractivity (Wildman–Crippen MR) is 93.6 cm³/mol. The smallest absolute Gasteiger partial charge is 0.266 e. The molecule has 1 aromatic heterocycles. The molecule has 3 heterocycles. The lowest BCUT2D eigenvalue weighted by atomic mass is 10.1. The van der Waals surface area contributed by atoms with Crippen LogP contribution in [0.25, 0.3) is 11.3 Å². The van der Waals surface area contributed by atoms with Crippen LogP contribution in [0.15, 0.2) is 54.7 Å². The average Bonchev–Trinajstić information content (AvgIpc) is 3.30. The van der Waals surface area contributed by atoms with E-state index in [9.17, 15) is 9.59 Å². The fourth-order valence-electron chi connectivity index (χ4n) is 3.72. The number of imide groups is 1. The molecular formula is C20H15N3O2. The highest BCUT2D eigenvalue weighted by molar-refractivity contribution is 6.34.